The average molecular weight is 172 g/mol. The summed E-state index contributed by atoms with van der Waals surface area (Å²) in [6.45, 7) is 1.49. The number of hydrogen-bond donors (Lipinski definition) is 2. The molecule has 0 amide bonds. The van der Waals surface area contributed by atoms with E-state index in [0.717, 1.165) is 0 Å². The Morgan fingerprint density at radius 1 is 1.45 bits per heavy atom. The third kappa shape index (κ3) is 1.93. The van der Waals surface area contributed by atoms with Gasteiger partial charge in [-0.25, -0.2) is 0 Å². The van der Waals surface area contributed by atoms with Crippen LogP contribution in [0.15, 0.2) is 24.3 Å². The van der Waals surface area contributed by atoms with Crippen LogP contribution in [-0.4, -0.2) is 5.11 Å². The van der Waals surface area contributed by atoms with Gasteiger partial charge in [0.1, 0.15) is 5.72 Å². The molecule has 1 atom stereocenters. The van der Waals surface area contributed by atoms with Gasteiger partial charge in [-0.3, -0.25) is 5.73 Å². The largest absolute Gasteiger partial charge is 0.372 e. The zero-order valence-electron chi connectivity index (χ0n) is 6.21. The lowest BCUT2D eigenvalue weighted by molar-refractivity contribution is 0.0648. The molecule has 0 aromatic heterocycles. The van der Waals surface area contributed by atoms with Crippen LogP contribution >= 0.6 is 11.6 Å². The molecular weight excluding hydrogens is 162 g/mol. The highest BCUT2D eigenvalue weighted by Crippen LogP contribution is 2.22. The number of aliphatic hydroxyl groups is 1. The van der Waals surface area contributed by atoms with Crippen molar-refractivity contribution >= 4 is 11.6 Å². The maximum Gasteiger partial charge on any atom is 0.138 e. The van der Waals surface area contributed by atoms with Crippen LogP contribution in [0.4, 0.5) is 0 Å². The highest BCUT2D eigenvalue weighted by atomic mass is 35.5. The first-order valence-corrected chi connectivity index (χ1v) is 3.66. The molecule has 0 aliphatic rings. The molecule has 0 spiro atoms. The van der Waals surface area contributed by atoms with E-state index < -0.39 is 5.72 Å². The predicted molar refractivity (Wildman–Crippen MR) is 45.2 cm³/mol. The minimum Gasteiger partial charge on any atom is -0.372 e. The minimum atomic E-state index is -1.35. The van der Waals surface area contributed by atoms with Crippen LogP contribution in [0, 0.1) is 0 Å². The Hall–Kier alpha value is -0.570. The van der Waals surface area contributed by atoms with Gasteiger partial charge >= 0.3 is 0 Å². The summed E-state index contributed by atoms with van der Waals surface area (Å²) >= 11 is 5.77. The Balaban J connectivity index is 3.14. The van der Waals surface area contributed by atoms with E-state index in [0.29, 0.717) is 10.6 Å². The first-order valence-electron chi connectivity index (χ1n) is 3.28. The van der Waals surface area contributed by atoms with Gasteiger partial charge in [0, 0.05) is 10.6 Å². The third-order valence-electron chi connectivity index (χ3n) is 1.42. The summed E-state index contributed by atoms with van der Waals surface area (Å²) in [5.74, 6) is 0. The lowest BCUT2D eigenvalue weighted by Gasteiger charge is -2.18. The van der Waals surface area contributed by atoms with E-state index in [1.807, 2.05) is 0 Å². The fourth-order valence-corrected chi connectivity index (χ4v) is 1.20. The molecule has 3 N–H and O–H groups in total. The van der Waals surface area contributed by atoms with Crippen LogP contribution in [0.25, 0.3) is 0 Å². The molecule has 0 aliphatic heterocycles. The molecule has 0 heterocycles. The normalized spacial score (nSPS) is 16.0. The molecule has 0 saturated heterocycles. The highest BCUT2D eigenvalue weighted by Gasteiger charge is 2.18. The van der Waals surface area contributed by atoms with Crippen molar-refractivity contribution in [3.63, 3.8) is 0 Å². The van der Waals surface area contributed by atoms with Gasteiger partial charge in [0.25, 0.3) is 0 Å². The van der Waals surface area contributed by atoms with E-state index in [4.69, 9.17) is 17.3 Å². The maximum atomic E-state index is 9.36. The number of rotatable bonds is 1. The molecule has 0 bridgehead atoms. The SMILES string of the molecule is CC(N)(O)c1ccccc1Cl. The molecular formula is C8H10ClNO. The van der Waals surface area contributed by atoms with Crippen LogP contribution < -0.4 is 5.73 Å². The van der Waals surface area contributed by atoms with E-state index in [1.54, 1.807) is 24.3 Å². The second-order valence-corrected chi connectivity index (χ2v) is 3.03. The standard InChI is InChI=1S/C8H10ClNO/c1-8(10,11)6-4-2-3-5-7(6)9/h2-5,11H,10H2,1H3. The molecule has 0 aliphatic carbocycles. The number of nitrogens with two attached hydrogens (primary N) is 1. The van der Waals surface area contributed by atoms with Crippen molar-refractivity contribution in [1.29, 1.82) is 0 Å². The Morgan fingerprint density at radius 2 is 2.00 bits per heavy atom. The summed E-state index contributed by atoms with van der Waals surface area (Å²) < 4.78 is 0. The zero-order valence-corrected chi connectivity index (χ0v) is 6.97. The first kappa shape index (κ1) is 8.53. The summed E-state index contributed by atoms with van der Waals surface area (Å²) in [6.07, 6.45) is 0. The van der Waals surface area contributed by atoms with Gasteiger partial charge in [-0.05, 0) is 13.0 Å². The van der Waals surface area contributed by atoms with Gasteiger partial charge < -0.3 is 5.11 Å². The zero-order chi connectivity index (χ0) is 8.48. The summed E-state index contributed by atoms with van der Waals surface area (Å²) in [4.78, 5) is 0. The fourth-order valence-electron chi connectivity index (χ4n) is 0.872. The maximum absolute atomic E-state index is 9.36. The van der Waals surface area contributed by atoms with Crippen LogP contribution in [0.1, 0.15) is 12.5 Å². The second kappa shape index (κ2) is 2.81. The van der Waals surface area contributed by atoms with Gasteiger partial charge in [0.05, 0.1) is 0 Å². The molecule has 3 heteroatoms. The molecule has 1 aromatic rings. The van der Waals surface area contributed by atoms with Gasteiger partial charge in [-0.15, -0.1) is 0 Å². The van der Waals surface area contributed by atoms with Crippen molar-refractivity contribution in [2.75, 3.05) is 0 Å². The minimum absolute atomic E-state index is 0.486. The van der Waals surface area contributed by atoms with Crippen molar-refractivity contribution in [3.8, 4) is 0 Å². The van der Waals surface area contributed by atoms with Crippen LogP contribution in [0.2, 0.25) is 5.02 Å². The van der Waals surface area contributed by atoms with E-state index in [9.17, 15) is 5.11 Å². The van der Waals surface area contributed by atoms with Crippen molar-refractivity contribution in [2.24, 2.45) is 5.73 Å². The van der Waals surface area contributed by atoms with Gasteiger partial charge in [-0.1, -0.05) is 29.8 Å². The second-order valence-electron chi connectivity index (χ2n) is 2.63. The Labute approximate surface area is 70.6 Å². The quantitative estimate of drug-likeness (QED) is 0.629. The lowest BCUT2D eigenvalue weighted by atomic mass is 10.1. The highest BCUT2D eigenvalue weighted by molar-refractivity contribution is 6.31. The van der Waals surface area contributed by atoms with E-state index >= 15 is 0 Å². The van der Waals surface area contributed by atoms with Gasteiger partial charge in [0.2, 0.25) is 0 Å². The number of halogens is 1. The predicted octanol–water partition coefficient (Wildman–Crippen LogP) is 1.46. The third-order valence-corrected chi connectivity index (χ3v) is 1.75. The summed E-state index contributed by atoms with van der Waals surface area (Å²) in [5, 5.41) is 9.85. The fraction of sp³-hybridized carbons (Fsp3) is 0.250. The summed E-state index contributed by atoms with van der Waals surface area (Å²) in [6, 6.07) is 6.96. The van der Waals surface area contributed by atoms with Crippen LogP contribution in [0.3, 0.4) is 0 Å². The molecule has 0 radical (unpaired) electrons. The van der Waals surface area contributed by atoms with Gasteiger partial charge in [-0.2, -0.15) is 0 Å². The summed E-state index contributed by atoms with van der Waals surface area (Å²) in [7, 11) is 0. The number of benzene rings is 1. The van der Waals surface area contributed by atoms with E-state index in [1.165, 1.54) is 6.92 Å². The van der Waals surface area contributed by atoms with Crippen molar-refractivity contribution in [1.82, 2.24) is 0 Å². The van der Waals surface area contributed by atoms with Crippen LogP contribution in [-0.2, 0) is 5.72 Å². The summed E-state index contributed by atoms with van der Waals surface area (Å²) in [5.41, 5.74) is 4.62. The molecule has 0 saturated carbocycles. The van der Waals surface area contributed by atoms with Gasteiger partial charge in [0.15, 0.2) is 0 Å². The smallest absolute Gasteiger partial charge is 0.138 e. The lowest BCUT2D eigenvalue weighted by Crippen LogP contribution is -2.32. The Bertz CT molecular complexity index is 255. The topological polar surface area (TPSA) is 46.2 Å². The van der Waals surface area contributed by atoms with Crippen molar-refractivity contribution in [3.05, 3.63) is 34.9 Å². The Kier molecular flexibility index (Phi) is 2.18. The first-order chi connectivity index (χ1) is 5.02. The van der Waals surface area contributed by atoms with Crippen molar-refractivity contribution < 1.29 is 5.11 Å². The average Bonchev–Trinajstić information content (AvgIpc) is 1.86. The molecule has 2 nitrogen and oxygen atoms in total. The van der Waals surface area contributed by atoms with E-state index in [2.05, 4.69) is 0 Å². The van der Waals surface area contributed by atoms with Crippen LogP contribution in [0.5, 0.6) is 0 Å². The number of hydrogen-bond acceptors (Lipinski definition) is 2. The molecule has 0 fully saturated rings. The van der Waals surface area contributed by atoms with E-state index in [-0.39, 0.29) is 0 Å². The van der Waals surface area contributed by atoms with Crippen molar-refractivity contribution in [2.45, 2.75) is 12.6 Å². The monoisotopic (exact) mass is 171 g/mol. The molecule has 1 aromatic carbocycles. The Morgan fingerprint density at radius 3 is 2.36 bits per heavy atom. The molecule has 11 heavy (non-hydrogen) atoms. The molecule has 1 rings (SSSR count). The molecule has 1 unspecified atom stereocenters. The molecule has 60 valence electrons.